The molecule has 1 N–H and O–H groups in total. The Hall–Kier alpha value is -2.85. The lowest BCUT2D eigenvalue weighted by Gasteiger charge is -2.26. The number of nitrogens with one attached hydrogen (secondary N) is 1. The molecule has 2 heterocycles. The van der Waals surface area contributed by atoms with Crippen molar-refractivity contribution in [2.45, 2.75) is 4.90 Å². The molecule has 0 spiro atoms. The highest BCUT2D eigenvalue weighted by molar-refractivity contribution is 7.89. The summed E-state index contributed by atoms with van der Waals surface area (Å²) < 4.78 is 33.1. The third-order valence-corrected chi connectivity index (χ3v) is 8.08. The number of carbonyl (C=O) groups is 1. The summed E-state index contributed by atoms with van der Waals surface area (Å²) in [5.41, 5.74) is 1.22. The zero-order chi connectivity index (χ0) is 21.4. The summed E-state index contributed by atoms with van der Waals surface area (Å²) in [6.45, 7) is 1.43. The molecule has 1 saturated heterocycles. The van der Waals surface area contributed by atoms with Gasteiger partial charge in [-0.25, -0.2) is 13.4 Å². The van der Waals surface area contributed by atoms with Gasteiger partial charge in [0.25, 0.3) is 5.91 Å². The summed E-state index contributed by atoms with van der Waals surface area (Å²) in [6, 6.07) is 18.0. The van der Waals surface area contributed by atoms with Crippen LogP contribution in [-0.4, -0.2) is 49.9 Å². The molecule has 0 unspecified atom stereocenters. The number of amides is 1. The van der Waals surface area contributed by atoms with Gasteiger partial charge in [0.15, 0.2) is 5.13 Å². The Morgan fingerprint density at radius 2 is 1.74 bits per heavy atom. The number of thiazole rings is 1. The number of ether oxygens (including phenoxy) is 1. The number of sulfonamides is 1. The average Bonchev–Trinajstić information content (AvgIpc) is 3.23. The first-order valence-electron chi connectivity index (χ1n) is 9.80. The number of anilines is 1. The minimum atomic E-state index is -3.59. The quantitative estimate of drug-likeness (QED) is 0.509. The number of fused-ring (bicyclic) bond motifs is 3. The van der Waals surface area contributed by atoms with E-state index in [2.05, 4.69) is 10.3 Å². The van der Waals surface area contributed by atoms with Crippen LogP contribution in [0.5, 0.6) is 0 Å². The van der Waals surface area contributed by atoms with Crippen LogP contribution in [0, 0.1) is 0 Å². The van der Waals surface area contributed by atoms with Crippen LogP contribution < -0.4 is 5.32 Å². The number of carbonyl (C=O) groups excluding carboxylic acids is 1. The van der Waals surface area contributed by atoms with Gasteiger partial charge in [-0.1, -0.05) is 41.7 Å². The first-order valence-corrected chi connectivity index (χ1v) is 12.1. The third kappa shape index (κ3) is 3.81. The number of hydrogen-bond acceptors (Lipinski definition) is 6. The van der Waals surface area contributed by atoms with Crippen molar-refractivity contribution in [2.75, 3.05) is 31.6 Å². The van der Waals surface area contributed by atoms with Crippen LogP contribution in [0.25, 0.3) is 21.0 Å². The van der Waals surface area contributed by atoms with Gasteiger partial charge in [-0.3, -0.25) is 10.1 Å². The van der Waals surface area contributed by atoms with Crippen LogP contribution >= 0.6 is 11.3 Å². The van der Waals surface area contributed by atoms with E-state index in [1.165, 1.54) is 39.9 Å². The molecule has 1 aliphatic rings. The Labute approximate surface area is 183 Å². The Balaban J connectivity index is 1.36. The van der Waals surface area contributed by atoms with E-state index < -0.39 is 10.0 Å². The Morgan fingerprint density at radius 3 is 2.52 bits per heavy atom. The van der Waals surface area contributed by atoms with E-state index in [9.17, 15) is 13.2 Å². The molecule has 4 aromatic rings. The molecule has 1 fully saturated rings. The summed E-state index contributed by atoms with van der Waals surface area (Å²) in [7, 11) is -3.59. The number of aromatic nitrogens is 1. The standard InChI is InChI=1S/C22H19N3O4S2/c26-21(16-5-8-17(9-6-16)31(27,28)25-11-13-29-14-12-25)24-22-23-20-18-4-2-1-3-15(18)7-10-19(20)30-22/h1-10H,11-14H2,(H,23,24,26). The van der Waals surface area contributed by atoms with E-state index >= 15 is 0 Å². The summed E-state index contributed by atoms with van der Waals surface area (Å²) in [5.74, 6) is -0.335. The van der Waals surface area contributed by atoms with Crippen molar-refractivity contribution in [3.63, 3.8) is 0 Å². The molecule has 1 aliphatic heterocycles. The van der Waals surface area contributed by atoms with E-state index in [-0.39, 0.29) is 10.8 Å². The molecule has 0 saturated carbocycles. The highest BCUT2D eigenvalue weighted by Crippen LogP contribution is 2.32. The summed E-state index contributed by atoms with van der Waals surface area (Å²) in [6.07, 6.45) is 0. The lowest BCUT2D eigenvalue weighted by Crippen LogP contribution is -2.40. The maximum Gasteiger partial charge on any atom is 0.257 e. The zero-order valence-corrected chi connectivity index (χ0v) is 18.1. The highest BCUT2D eigenvalue weighted by atomic mass is 32.2. The molecule has 0 aliphatic carbocycles. The van der Waals surface area contributed by atoms with E-state index in [1.807, 2.05) is 36.4 Å². The van der Waals surface area contributed by atoms with Crippen LogP contribution in [0.4, 0.5) is 5.13 Å². The second-order valence-electron chi connectivity index (χ2n) is 7.15. The molecule has 0 atom stereocenters. The van der Waals surface area contributed by atoms with Crippen LogP contribution in [0.1, 0.15) is 10.4 Å². The molecule has 9 heteroatoms. The van der Waals surface area contributed by atoms with Crippen molar-refractivity contribution in [1.29, 1.82) is 0 Å². The first kappa shape index (κ1) is 20.1. The van der Waals surface area contributed by atoms with E-state index in [1.54, 1.807) is 0 Å². The van der Waals surface area contributed by atoms with Gasteiger partial charge in [-0.05, 0) is 35.7 Å². The van der Waals surface area contributed by atoms with E-state index in [0.29, 0.717) is 37.0 Å². The van der Waals surface area contributed by atoms with Crippen molar-refractivity contribution in [2.24, 2.45) is 0 Å². The fourth-order valence-corrected chi connectivity index (χ4v) is 5.88. The zero-order valence-electron chi connectivity index (χ0n) is 16.4. The molecule has 0 radical (unpaired) electrons. The number of hydrogen-bond donors (Lipinski definition) is 1. The van der Waals surface area contributed by atoms with Crippen molar-refractivity contribution < 1.29 is 17.9 Å². The number of nitrogens with zero attached hydrogens (tertiary/aromatic N) is 2. The monoisotopic (exact) mass is 453 g/mol. The highest BCUT2D eigenvalue weighted by Gasteiger charge is 2.26. The predicted octanol–water partition coefficient (Wildman–Crippen LogP) is 3.72. The maximum absolute atomic E-state index is 12.7. The lowest BCUT2D eigenvalue weighted by atomic mass is 10.1. The van der Waals surface area contributed by atoms with E-state index in [0.717, 1.165) is 21.0 Å². The van der Waals surface area contributed by atoms with Crippen molar-refractivity contribution >= 4 is 53.4 Å². The van der Waals surface area contributed by atoms with Crippen LogP contribution in [0.3, 0.4) is 0 Å². The van der Waals surface area contributed by atoms with Gasteiger partial charge in [-0.2, -0.15) is 4.31 Å². The molecular formula is C22H19N3O4S2. The second-order valence-corrected chi connectivity index (χ2v) is 10.1. The Morgan fingerprint density at radius 1 is 1.00 bits per heavy atom. The average molecular weight is 454 g/mol. The van der Waals surface area contributed by atoms with Crippen molar-refractivity contribution in [3.05, 3.63) is 66.2 Å². The minimum Gasteiger partial charge on any atom is -0.379 e. The minimum absolute atomic E-state index is 0.164. The van der Waals surface area contributed by atoms with Crippen LogP contribution in [-0.2, 0) is 14.8 Å². The molecule has 7 nitrogen and oxygen atoms in total. The molecule has 3 aromatic carbocycles. The van der Waals surface area contributed by atoms with Gasteiger partial charge in [0.05, 0.1) is 28.3 Å². The largest absolute Gasteiger partial charge is 0.379 e. The molecule has 31 heavy (non-hydrogen) atoms. The first-order chi connectivity index (χ1) is 15.0. The van der Waals surface area contributed by atoms with Gasteiger partial charge < -0.3 is 4.74 Å². The van der Waals surface area contributed by atoms with Gasteiger partial charge in [-0.15, -0.1) is 0 Å². The number of morpholine rings is 1. The SMILES string of the molecule is O=C(Nc1nc2c(ccc3ccccc32)s1)c1ccc(S(=O)(=O)N2CCOCC2)cc1. The summed E-state index contributed by atoms with van der Waals surface area (Å²) in [4.78, 5) is 17.5. The Kier molecular flexibility index (Phi) is 5.19. The summed E-state index contributed by atoms with van der Waals surface area (Å²) >= 11 is 1.40. The smallest absolute Gasteiger partial charge is 0.257 e. The van der Waals surface area contributed by atoms with Gasteiger partial charge >= 0.3 is 0 Å². The van der Waals surface area contributed by atoms with Gasteiger partial charge in [0.2, 0.25) is 10.0 Å². The second kappa shape index (κ2) is 8.01. The van der Waals surface area contributed by atoms with Gasteiger partial charge in [0, 0.05) is 24.0 Å². The maximum atomic E-state index is 12.7. The molecular weight excluding hydrogens is 434 g/mol. The molecule has 1 aromatic heterocycles. The van der Waals surface area contributed by atoms with Crippen LogP contribution in [0.15, 0.2) is 65.6 Å². The third-order valence-electron chi connectivity index (χ3n) is 5.23. The molecule has 5 rings (SSSR count). The summed E-state index contributed by atoms with van der Waals surface area (Å²) in [5, 5.41) is 5.46. The fraction of sp³-hybridized carbons (Fsp3) is 0.182. The topological polar surface area (TPSA) is 88.6 Å². The Bertz CT molecular complexity index is 1380. The fourth-order valence-electron chi connectivity index (χ4n) is 3.60. The van der Waals surface area contributed by atoms with Crippen LogP contribution in [0.2, 0.25) is 0 Å². The van der Waals surface area contributed by atoms with Crippen molar-refractivity contribution in [1.82, 2.24) is 9.29 Å². The lowest BCUT2D eigenvalue weighted by molar-refractivity contribution is 0.0730. The predicted molar refractivity (Wildman–Crippen MR) is 121 cm³/mol. The number of rotatable bonds is 4. The molecule has 0 bridgehead atoms. The molecule has 1 amide bonds. The molecule has 158 valence electrons. The van der Waals surface area contributed by atoms with Gasteiger partial charge in [0.1, 0.15) is 0 Å². The normalized spacial score (nSPS) is 15.4. The van der Waals surface area contributed by atoms with E-state index in [4.69, 9.17) is 4.74 Å². The van der Waals surface area contributed by atoms with Crippen molar-refractivity contribution in [3.8, 4) is 0 Å². The number of benzene rings is 3.